The number of ether oxygens (including phenoxy) is 3. The Morgan fingerprint density at radius 3 is 2.51 bits per heavy atom. The minimum absolute atomic E-state index is 0.188. The molecule has 2 aromatic carbocycles. The number of unbranched alkanes of at least 4 members (excludes halogenated alkanes) is 1. The molecular weight excluding hydrogens is 502 g/mol. The fourth-order valence-corrected chi connectivity index (χ4v) is 4.46. The molecule has 2 amide bonds. The molecule has 0 fully saturated rings. The predicted octanol–water partition coefficient (Wildman–Crippen LogP) is 3.13. The Morgan fingerprint density at radius 1 is 1.03 bits per heavy atom. The average molecular weight is 540 g/mol. The molecule has 2 N–H and O–H groups in total. The molecule has 1 aliphatic heterocycles. The van der Waals surface area contributed by atoms with Crippen LogP contribution in [0.3, 0.4) is 0 Å². The van der Waals surface area contributed by atoms with E-state index in [4.69, 9.17) is 14.2 Å². The summed E-state index contributed by atoms with van der Waals surface area (Å²) in [7, 11) is 1.30. The van der Waals surface area contributed by atoms with Gasteiger partial charge >= 0.3 is 18.0 Å². The highest BCUT2D eigenvalue weighted by Gasteiger charge is 2.34. The van der Waals surface area contributed by atoms with E-state index < -0.39 is 30.1 Å². The molecule has 10 heteroatoms. The molecule has 0 radical (unpaired) electrons. The van der Waals surface area contributed by atoms with Crippen molar-refractivity contribution < 1.29 is 33.4 Å². The molecule has 2 aromatic rings. The summed E-state index contributed by atoms with van der Waals surface area (Å²) in [6.07, 6.45) is 2.15. The first-order valence-corrected chi connectivity index (χ1v) is 13.3. The Bertz CT molecular complexity index is 1110. The van der Waals surface area contributed by atoms with E-state index in [1.807, 2.05) is 54.6 Å². The predicted molar refractivity (Wildman–Crippen MR) is 145 cm³/mol. The number of anilines is 1. The quantitative estimate of drug-likeness (QED) is 0.226. The van der Waals surface area contributed by atoms with Crippen LogP contribution in [0.2, 0.25) is 0 Å². The Hall–Kier alpha value is -3.92. The van der Waals surface area contributed by atoms with E-state index in [9.17, 15) is 19.2 Å². The van der Waals surface area contributed by atoms with Gasteiger partial charge in [-0.15, -0.1) is 0 Å². The van der Waals surface area contributed by atoms with Crippen molar-refractivity contribution in [1.82, 2.24) is 10.6 Å². The van der Waals surface area contributed by atoms with Crippen molar-refractivity contribution in [3.8, 4) is 0 Å². The number of alkyl carbamates (subject to hydrolysis) is 1. The van der Waals surface area contributed by atoms with Gasteiger partial charge in [-0.1, -0.05) is 48.5 Å². The fourth-order valence-electron chi connectivity index (χ4n) is 4.46. The molecule has 3 rings (SSSR count). The summed E-state index contributed by atoms with van der Waals surface area (Å²) in [5, 5.41) is 5.88. The van der Waals surface area contributed by atoms with Crippen molar-refractivity contribution in [2.45, 2.75) is 57.7 Å². The smallest absolute Gasteiger partial charge is 0.407 e. The van der Waals surface area contributed by atoms with Crippen LogP contribution < -0.4 is 15.5 Å². The van der Waals surface area contributed by atoms with Gasteiger partial charge in [0.25, 0.3) is 0 Å². The molecule has 0 spiro atoms. The highest BCUT2D eigenvalue weighted by atomic mass is 16.5. The Kier molecular flexibility index (Phi) is 11.8. The van der Waals surface area contributed by atoms with Crippen molar-refractivity contribution in [2.24, 2.45) is 0 Å². The normalized spacial score (nSPS) is 15.5. The number of carbonyl (C=O) groups excluding carboxylic acids is 4. The zero-order valence-corrected chi connectivity index (χ0v) is 22.5. The minimum atomic E-state index is -0.723. The second-order valence-corrected chi connectivity index (χ2v) is 9.18. The lowest BCUT2D eigenvalue weighted by atomic mass is 10.0. The van der Waals surface area contributed by atoms with Gasteiger partial charge in [0.2, 0.25) is 5.91 Å². The molecule has 0 aliphatic carbocycles. The summed E-state index contributed by atoms with van der Waals surface area (Å²) >= 11 is 0. The molecule has 1 heterocycles. The monoisotopic (exact) mass is 539 g/mol. The number of nitrogens with one attached hydrogen (secondary N) is 2. The van der Waals surface area contributed by atoms with Gasteiger partial charge in [-0.05, 0) is 56.2 Å². The van der Waals surface area contributed by atoms with Gasteiger partial charge in [-0.25, -0.2) is 4.79 Å². The van der Waals surface area contributed by atoms with E-state index in [-0.39, 0.29) is 25.7 Å². The lowest BCUT2D eigenvalue weighted by molar-refractivity contribution is -0.144. The van der Waals surface area contributed by atoms with Crippen LogP contribution in [0.1, 0.15) is 43.7 Å². The van der Waals surface area contributed by atoms with Gasteiger partial charge in [0.1, 0.15) is 19.2 Å². The third kappa shape index (κ3) is 9.10. The zero-order valence-electron chi connectivity index (χ0n) is 22.5. The maximum absolute atomic E-state index is 13.6. The van der Waals surface area contributed by atoms with Crippen LogP contribution in [0.15, 0.2) is 54.6 Å². The van der Waals surface area contributed by atoms with Crippen molar-refractivity contribution in [3.63, 3.8) is 0 Å². The first-order valence-electron chi connectivity index (χ1n) is 13.3. The van der Waals surface area contributed by atoms with E-state index >= 15 is 0 Å². The summed E-state index contributed by atoms with van der Waals surface area (Å²) < 4.78 is 15.3. The van der Waals surface area contributed by atoms with Gasteiger partial charge in [0.05, 0.1) is 19.8 Å². The maximum Gasteiger partial charge on any atom is 0.407 e. The van der Waals surface area contributed by atoms with Crippen LogP contribution in [-0.4, -0.2) is 62.8 Å². The number of esters is 2. The number of carbonyl (C=O) groups is 4. The molecule has 0 saturated heterocycles. The topological polar surface area (TPSA) is 123 Å². The first-order chi connectivity index (χ1) is 18.9. The molecule has 10 nitrogen and oxygen atoms in total. The van der Waals surface area contributed by atoms with Crippen LogP contribution in [0, 0.1) is 0 Å². The van der Waals surface area contributed by atoms with Crippen molar-refractivity contribution in [1.29, 1.82) is 0 Å². The number of nitrogens with zero attached hydrogens (tertiary/aromatic N) is 1. The molecule has 210 valence electrons. The molecule has 2 unspecified atom stereocenters. The van der Waals surface area contributed by atoms with Crippen LogP contribution in [-0.2, 0) is 41.6 Å². The largest absolute Gasteiger partial charge is 0.468 e. The van der Waals surface area contributed by atoms with E-state index in [1.54, 1.807) is 6.92 Å². The maximum atomic E-state index is 13.6. The van der Waals surface area contributed by atoms with E-state index in [2.05, 4.69) is 10.6 Å². The second-order valence-electron chi connectivity index (χ2n) is 9.18. The lowest BCUT2D eigenvalue weighted by Gasteiger charge is -2.27. The molecule has 0 bridgehead atoms. The number of benzene rings is 2. The van der Waals surface area contributed by atoms with E-state index in [1.165, 1.54) is 12.0 Å². The summed E-state index contributed by atoms with van der Waals surface area (Å²) in [4.78, 5) is 51.8. The zero-order chi connectivity index (χ0) is 28.0. The standard InChI is InChI=1S/C29H37N3O7/c1-3-38-26(33)19-32-25-15-8-7-13-22(25)16-17-23(27(32)34)31-24(28(35)37-2)14-9-10-18-30-29(36)39-20-21-11-5-4-6-12-21/h4-8,11-13,15,23-24,31H,3,9-10,14,16-20H2,1-2H3,(H,30,36). The van der Waals surface area contributed by atoms with Gasteiger partial charge in [0, 0.05) is 12.2 Å². The summed E-state index contributed by atoms with van der Waals surface area (Å²) in [5.74, 6) is -1.28. The van der Waals surface area contributed by atoms with Gasteiger partial charge < -0.3 is 19.5 Å². The lowest BCUT2D eigenvalue weighted by Crippen LogP contribution is -2.53. The number of hydrogen-bond donors (Lipinski definition) is 2. The number of rotatable bonds is 13. The SMILES string of the molecule is CCOC(=O)CN1C(=O)C(NC(CCCCNC(=O)OCc2ccccc2)C(=O)OC)CCc2ccccc21. The van der Waals surface area contributed by atoms with E-state index in [0.29, 0.717) is 44.3 Å². The van der Waals surface area contributed by atoms with Crippen LogP contribution >= 0.6 is 0 Å². The Labute approximate surface area is 229 Å². The average Bonchev–Trinajstić information content (AvgIpc) is 3.07. The molecule has 1 aliphatic rings. The molecule has 2 atom stereocenters. The van der Waals surface area contributed by atoms with Gasteiger partial charge in [-0.2, -0.15) is 0 Å². The number of methoxy groups -OCH3 is 1. The van der Waals surface area contributed by atoms with Gasteiger partial charge in [0.15, 0.2) is 0 Å². The number of para-hydroxylation sites is 1. The number of amides is 2. The highest BCUT2D eigenvalue weighted by molar-refractivity contribution is 6.02. The number of hydrogen-bond acceptors (Lipinski definition) is 8. The van der Waals surface area contributed by atoms with Crippen molar-refractivity contribution in [3.05, 3.63) is 65.7 Å². The third-order valence-corrected chi connectivity index (χ3v) is 6.43. The van der Waals surface area contributed by atoms with Crippen LogP contribution in [0.5, 0.6) is 0 Å². The molecule has 0 aromatic heterocycles. The first kappa shape index (κ1) is 29.6. The van der Waals surface area contributed by atoms with Crippen molar-refractivity contribution >= 4 is 29.6 Å². The van der Waals surface area contributed by atoms with Crippen LogP contribution in [0.4, 0.5) is 10.5 Å². The minimum Gasteiger partial charge on any atom is -0.468 e. The third-order valence-electron chi connectivity index (χ3n) is 6.43. The fraction of sp³-hybridized carbons (Fsp3) is 0.448. The number of fused-ring (bicyclic) bond motifs is 1. The van der Waals surface area contributed by atoms with Gasteiger partial charge in [-0.3, -0.25) is 24.6 Å². The second kappa shape index (κ2) is 15.5. The molecular formula is C29H37N3O7. The molecule has 39 heavy (non-hydrogen) atoms. The Morgan fingerprint density at radius 2 is 1.77 bits per heavy atom. The van der Waals surface area contributed by atoms with Crippen molar-refractivity contribution in [2.75, 3.05) is 31.7 Å². The summed E-state index contributed by atoms with van der Waals surface area (Å²) in [6.45, 7) is 2.29. The molecule has 0 saturated carbocycles. The highest BCUT2D eigenvalue weighted by Crippen LogP contribution is 2.27. The Balaban J connectivity index is 1.54. The van der Waals surface area contributed by atoms with Crippen LogP contribution in [0.25, 0.3) is 0 Å². The number of aryl methyl sites for hydroxylation is 1. The summed E-state index contributed by atoms with van der Waals surface area (Å²) in [6, 6.07) is 15.4. The van der Waals surface area contributed by atoms with E-state index in [0.717, 1.165) is 11.1 Å². The summed E-state index contributed by atoms with van der Waals surface area (Å²) in [5.41, 5.74) is 2.51.